The summed E-state index contributed by atoms with van der Waals surface area (Å²) in [4.78, 5) is 26.5. The Hall–Kier alpha value is -2.70. The summed E-state index contributed by atoms with van der Waals surface area (Å²) in [5.74, 6) is -2.28. The average molecular weight is 390 g/mol. The molecule has 1 atom stereocenters. The van der Waals surface area contributed by atoms with E-state index in [0.717, 1.165) is 0 Å². The minimum absolute atomic E-state index is 0.0509. The SMILES string of the molecule is COCCN1C(=O)C(=O)C(=C(O)c2ccc(Cl)cc2)C1c1ccc(F)cc1. The molecule has 1 saturated heterocycles. The molecule has 1 unspecified atom stereocenters. The lowest BCUT2D eigenvalue weighted by atomic mass is 9.95. The summed E-state index contributed by atoms with van der Waals surface area (Å²) >= 11 is 5.87. The molecule has 140 valence electrons. The van der Waals surface area contributed by atoms with Crippen LogP contribution in [-0.4, -0.2) is 42.0 Å². The van der Waals surface area contributed by atoms with Crippen LogP contribution in [0.5, 0.6) is 0 Å². The van der Waals surface area contributed by atoms with Crippen LogP contribution < -0.4 is 0 Å². The Bertz CT molecular complexity index is 893. The lowest BCUT2D eigenvalue weighted by molar-refractivity contribution is -0.140. The molecule has 3 rings (SSSR count). The number of nitrogens with zero attached hydrogens (tertiary/aromatic N) is 1. The molecule has 0 bridgehead atoms. The number of likely N-dealkylation sites (tertiary alicyclic amines) is 1. The Labute approximate surface area is 160 Å². The first kappa shape index (κ1) is 19.1. The lowest BCUT2D eigenvalue weighted by Gasteiger charge is -2.25. The van der Waals surface area contributed by atoms with E-state index in [1.165, 1.54) is 36.3 Å². The van der Waals surface area contributed by atoms with Crippen molar-refractivity contribution < 1.29 is 23.8 Å². The Morgan fingerprint density at radius 1 is 1.15 bits per heavy atom. The van der Waals surface area contributed by atoms with Gasteiger partial charge in [-0.05, 0) is 42.0 Å². The summed E-state index contributed by atoms with van der Waals surface area (Å²) in [6.45, 7) is 0.367. The Balaban J connectivity index is 2.14. The maximum absolute atomic E-state index is 13.3. The van der Waals surface area contributed by atoms with E-state index in [2.05, 4.69) is 0 Å². The molecule has 1 amide bonds. The molecule has 7 heteroatoms. The van der Waals surface area contributed by atoms with Crippen molar-refractivity contribution in [1.82, 2.24) is 4.90 Å². The number of ketones is 1. The predicted molar refractivity (Wildman–Crippen MR) is 98.7 cm³/mol. The van der Waals surface area contributed by atoms with Gasteiger partial charge in [-0.15, -0.1) is 0 Å². The summed E-state index contributed by atoms with van der Waals surface area (Å²) in [6, 6.07) is 10.9. The number of carbonyl (C=O) groups excluding carboxylic acids is 2. The summed E-state index contributed by atoms with van der Waals surface area (Å²) in [5.41, 5.74) is 0.823. The second-order valence-electron chi connectivity index (χ2n) is 6.04. The summed E-state index contributed by atoms with van der Waals surface area (Å²) in [5, 5.41) is 11.2. The van der Waals surface area contributed by atoms with Crippen molar-refractivity contribution >= 4 is 29.1 Å². The van der Waals surface area contributed by atoms with E-state index in [1.807, 2.05) is 0 Å². The largest absolute Gasteiger partial charge is 0.507 e. The molecule has 1 fully saturated rings. The van der Waals surface area contributed by atoms with Gasteiger partial charge in [-0.1, -0.05) is 23.7 Å². The van der Waals surface area contributed by atoms with Crippen LogP contribution in [0.1, 0.15) is 17.2 Å². The number of Topliss-reactive ketones (excluding diaryl/α,β-unsaturated/α-hetero) is 1. The molecular formula is C20H17ClFNO4. The molecule has 27 heavy (non-hydrogen) atoms. The zero-order valence-electron chi connectivity index (χ0n) is 14.5. The number of amides is 1. The highest BCUT2D eigenvalue weighted by atomic mass is 35.5. The van der Waals surface area contributed by atoms with Gasteiger partial charge in [0.1, 0.15) is 11.6 Å². The first-order chi connectivity index (χ1) is 12.9. The molecule has 1 heterocycles. The van der Waals surface area contributed by atoms with Gasteiger partial charge in [0.25, 0.3) is 11.7 Å². The van der Waals surface area contributed by atoms with Gasteiger partial charge in [0, 0.05) is 24.2 Å². The monoisotopic (exact) mass is 389 g/mol. The van der Waals surface area contributed by atoms with Crippen molar-refractivity contribution in [2.45, 2.75) is 6.04 Å². The number of methoxy groups -OCH3 is 1. The zero-order chi connectivity index (χ0) is 19.6. The van der Waals surface area contributed by atoms with E-state index >= 15 is 0 Å². The lowest BCUT2D eigenvalue weighted by Crippen LogP contribution is -2.32. The average Bonchev–Trinajstić information content (AvgIpc) is 2.91. The minimum atomic E-state index is -0.837. The highest BCUT2D eigenvalue weighted by Gasteiger charge is 2.45. The van der Waals surface area contributed by atoms with Gasteiger partial charge in [-0.25, -0.2) is 4.39 Å². The third kappa shape index (κ3) is 3.72. The molecule has 2 aromatic carbocycles. The van der Waals surface area contributed by atoms with Crippen LogP contribution in [0.25, 0.3) is 5.76 Å². The van der Waals surface area contributed by atoms with Gasteiger partial charge >= 0.3 is 0 Å². The standard InChI is InChI=1S/C20H17ClFNO4/c1-27-11-10-23-17(12-4-8-15(22)9-5-12)16(19(25)20(23)26)18(24)13-2-6-14(21)7-3-13/h2-9,17,24H,10-11H2,1H3. The molecule has 0 aliphatic carbocycles. The number of halogens is 2. The fourth-order valence-corrected chi connectivity index (χ4v) is 3.18. The Kier molecular flexibility index (Phi) is 5.58. The van der Waals surface area contributed by atoms with Crippen molar-refractivity contribution in [2.75, 3.05) is 20.3 Å². The number of hydrogen-bond acceptors (Lipinski definition) is 4. The zero-order valence-corrected chi connectivity index (χ0v) is 15.2. The van der Waals surface area contributed by atoms with Gasteiger partial charge in [-0.3, -0.25) is 9.59 Å². The smallest absolute Gasteiger partial charge is 0.295 e. The number of aliphatic hydroxyl groups excluding tert-OH is 1. The summed E-state index contributed by atoms with van der Waals surface area (Å²) in [6.07, 6.45) is 0. The minimum Gasteiger partial charge on any atom is -0.507 e. The number of carbonyl (C=O) groups is 2. The molecule has 1 N–H and O–H groups in total. The van der Waals surface area contributed by atoms with Crippen LogP contribution in [0.4, 0.5) is 4.39 Å². The quantitative estimate of drug-likeness (QED) is 0.482. The predicted octanol–water partition coefficient (Wildman–Crippen LogP) is 3.55. The highest BCUT2D eigenvalue weighted by molar-refractivity contribution is 6.46. The summed E-state index contributed by atoms with van der Waals surface area (Å²) in [7, 11) is 1.48. The first-order valence-electron chi connectivity index (χ1n) is 8.22. The van der Waals surface area contributed by atoms with Gasteiger partial charge in [-0.2, -0.15) is 0 Å². The molecule has 1 aliphatic rings. The molecule has 2 aromatic rings. The summed E-state index contributed by atoms with van der Waals surface area (Å²) < 4.78 is 18.4. The van der Waals surface area contributed by atoms with Crippen molar-refractivity contribution in [3.8, 4) is 0 Å². The first-order valence-corrected chi connectivity index (χ1v) is 8.60. The van der Waals surface area contributed by atoms with Crippen molar-refractivity contribution in [1.29, 1.82) is 0 Å². The van der Waals surface area contributed by atoms with E-state index in [9.17, 15) is 19.1 Å². The normalized spacial score (nSPS) is 18.9. The topological polar surface area (TPSA) is 66.8 Å². The van der Waals surface area contributed by atoms with Crippen LogP contribution in [-0.2, 0) is 14.3 Å². The van der Waals surface area contributed by atoms with Crippen LogP contribution in [0.2, 0.25) is 5.02 Å². The van der Waals surface area contributed by atoms with Crippen LogP contribution in [0, 0.1) is 5.82 Å². The van der Waals surface area contributed by atoms with Crippen LogP contribution in [0.3, 0.4) is 0 Å². The van der Waals surface area contributed by atoms with E-state index in [4.69, 9.17) is 16.3 Å². The van der Waals surface area contributed by atoms with Gasteiger partial charge in [0.2, 0.25) is 0 Å². The molecule has 0 radical (unpaired) electrons. The third-order valence-electron chi connectivity index (χ3n) is 4.38. The second-order valence-corrected chi connectivity index (χ2v) is 6.48. The van der Waals surface area contributed by atoms with Gasteiger partial charge < -0.3 is 14.7 Å². The van der Waals surface area contributed by atoms with Crippen LogP contribution in [0.15, 0.2) is 54.1 Å². The van der Waals surface area contributed by atoms with E-state index in [0.29, 0.717) is 16.1 Å². The number of aliphatic hydroxyl groups is 1. The van der Waals surface area contributed by atoms with Gasteiger partial charge in [0.05, 0.1) is 18.2 Å². The third-order valence-corrected chi connectivity index (χ3v) is 4.63. The van der Waals surface area contributed by atoms with E-state index in [1.54, 1.807) is 24.3 Å². The van der Waals surface area contributed by atoms with Crippen LogP contribution >= 0.6 is 11.6 Å². The van der Waals surface area contributed by atoms with Gasteiger partial charge in [0.15, 0.2) is 0 Å². The molecule has 1 aliphatic heterocycles. The maximum Gasteiger partial charge on any atom is 0.295 e. The molecule has 5 nitrogen and oxygen atoms in total. The molecule has 0 saturated carbocycles. The number of hydrogen-bond donors (Lipinski definition) is 1. The van der Waals surface area contributed by atoms with Crippen molar-refractivity contribution in [3.05, 3.63) is 76.1 Å². The number of ether oxygens (including phenoxy) is 1. The maximum atomic E-state index is 13.3. The van der Waals surface area contributed by atoms with Crippen molar-refractivity contribution in [2.24, 2.45) is 0 Å². The number of rotatable bonds is 5. The fourth-order valence-electron chi connectivity index (χ4n) is 3.06. The highest BCUT2D eigenvalue weighted by Crippen LogP contribution is 2.39. The molecule has 0 spiro atoms. The molecule has 0 aromatic heterocycles. The Morgan fingerprint density at radius 3 is 2.37 bits per heavy atom. The second kappa shape index (κ2) is 7.90. The van der Waals surface area contributed by atoms with Crippen molar-refractivity contribution in [3.63, 3.8) is 0 Å². The molecular weight excluding hydrogens is 373 g/mol. The Morgan fingerprint density at radius 2 is 1.78 bits per heavy atom. The fraction of sp³-hybridized carbons (Fsp3) is 0.200. The van der Waals surface area contributed by atoms with E-state index < -0.39 is 23.5 Å². The van der Waals surface area contributed by atoms with E-state index in [-0.39, 0.29) is 24.5 Å². The number of benzene rings is 2.